The zero-order valence-corrected chi connectivity index (χ0v) is 16.5. The molecule has 0 aromatic carbocycles. The number of allylic oxidation sites excluding steroid dienone is 5. The van der Waals surface area contributed by atoms with Crippen LogP contribution >= 0.6 is 12.6 Å². The van der Waals surface area contributed by atoms with E-state index in [9.17, 15) is 14.9 Å². The molecule has 0 bridgehead atoms. The van der Waals surface area contributed by atoms with E-state index in [-0.39, 0.29) is 19.0 Å². The Balaban J connectivity index is 3.25. The molecule has 8 heteroatoms. The predicted octanol–water partition coefficient (Wildman–Crippen LogP) is 3.84. The third-order valence-electron chi connectivity index (χ3n) is 3.31. The number of pyridine rings is 1. The van der Waals surface area contributed by atoms with Gasteiger partial charge in [0.15, 0.2) is 0 Å². The number of hydrogen-bond donors (Lipinski definition) is 1. The molecule has 7 nitrogen and oxygen atoms in total. The number of thiol groups is 1. The summed E-state index contributed by atoms with van der Waals surface area (Å²) in [4.78, 5) is 27.5. The van der Waals surface area contributed by atoms with Crippen LogP contribution in [0, 0.1) is 10.1 Å². The summed E-state index contributed by atoms with van der Waals surface area (Å²) < 4.78 is 0. The van der Waals surface area contributed by atoms with Crippen molar-refractivity contribution in [1.29, 1.82) is 0 Å². The minimum absolute atomic E-state index is 0.0838. The van der Waals surface area contributed by atoms with Gasteiger partial charge in [-0.15, -0.1) is 12.6 Å². The highest BCUT2D eigenvalue weighted by Gasteiger charge is 2.17. The van der Waals surface area contributed by atoms with Crippen molar-refractivity contribution in [3.8, 4) is 0 Å². The molecule has 0 aliphatic heterocycles. The van der Waals surface area contributed by atoms with Crippen LogP contribution in [-0.4, -0.2) is 39.6 Å². The number of carbonyl (C=O) groups excluding carboxylic acids is 1. The van der Waals surface area contributed by atoms with Gasteiger partial charge in [0.25, 0.3) is 5.91 Å². The first kappa shape index (κ1) is 22.8. The van der Waals surface area contributed by atoms with E-state index >= 15 is 0 Å². The molecule has 0 aliphatic rings. The van der Waals surface area contributed by atoms with Gasteiger partial charge in [0.1, 0.15) is 0 Å². The maximum absolute atomic E-state index is 12.9. The van der Waals surface area contributed by atoms with E-state index in [0.29, 0.717) is 21.8 Å². The van der Waals surface area contributed by atoms with Gasteiger partial charge in [-0.3, -0.25) is 19.9 Å². The average molecular weight is 398 g/mol. The SMILES string of the molecule is C=C/C=C(S)/C(C)=N/N(CC(/C=C\C[N+](=O)[O-])=C/C=C)C(=O)c1cccnc1. The lowest BCUT2D eigenvalue weighted by Gasteiger charge is -2.19. The lowest BCUT2D eigenvalue weighted by molar-refractivity contribution is -0.468. The fraction of sp³-hybridized carbons (Fsp3) is 0.150. The van der Waals surface area contributed by atoms with Crippen LogP contribution in [0.25, 0.3) is 0 Å². The standard InChI is InChI=1S/C20H22N4O3S/c1-4-8-17(10-7-13-24(26)27)15-23(22-16(3)19(28)9-5-2)20(25)18-11-6-12-21-14-18/h4-12,14,28H,1-2,13,15H2,3H3/b10-7-,17-8+,19-9-,22-16+. The Bertz CT molecular complexity index is 842. The number of hydrazone groups is 1. The summed E-state index contributed by atoms with van der Waals surface area (Å²) in [5.41, 5.74) is 1.49. The highest BCUT2D eigenvalue weighted by molar-refractivity contribution is 7.85. The van der Waals surface area contributed by atoms with E-state index in [1.807, 2.05) is 0 Å². The molecule has 0 saturated carbocycles. The number of hydrogen-bond acceptors (Lipinski definition) is 6. The number of aromatic nitrogens is 1. The molecular weight excluding hydrogens is 376 g/mol. The van der Waals surface area contributed by atoms with Gasteiger partial charge in [-0.2, -0.15) is 5.10 Å². The number of carbonyl (C=O) groups is 1. The summed E-state index contributed by atoms with van der Waals surface area (Å²) in [5, 5.41) is 16.2. The van der Waals surface area contributed by atoms with Crippen LogP contribution in [0.5, 0.6) is 0 Å². The van der Waals surface area contributed by atoms with Gasteiger partial charge in [-0.05, 0) is 36.8 Å². The third kappa shape index (κ3) is 7.96. The van der Waals surface area contributed by atoms with Gasteiger partial charge >= 0.3 is 0 Å². The first-order chi connectivity index (χ1) is 13.4. The van der Waals surface area contributed by atoms with Gasteiger partial charge in [-0.25, -0.2) is 5.01 Å². The Labute approximate surface area is 169 Å². The van der Waals surface area contributed by atoms with E-state index in [1.165, 1.54) is 23.4 Å². The van der Waals surface area contributed by atoms with Crippen molar-refractivity contribution in [2.75, 3.05) is 13.1 Å². The van der Waals surface area contributed by atoms with Gasteiger partial charge in [0, 0.05) is 22.2 Å². The highest BCUT2D eigenvalue weighted by atomic mass is 32.1. The van der Waals surface area contributed by atoms with Crippen molar-refractivity contribution in [2.24, 2.45) is 5.10 Å². The molecule has 0 aliphatic carbocycles. The second-order valence-corrected chi connectivity index (χ2v) is 5.95. The highest BCUT2D eigenvalue weighted by Crippen LogP contribution is 2.12. The molecule has 1 aromatic rings. The summed E-state index contributed by atoms with van der Waals surface area (Å²) in [6.07, 6.45) is 12.4. The number of nitrogens with zero attached hydrogens (tertiary/aromatic N) is 4. The van der Waals surface area contributed by atoms with Crippen molar-refractivity contribution < 1.29 is 9.72 Å². The minimum Gasteiger partial charge on any atom is -0.267 e. The minimum atomic E-state index is -0.448. The maximum Gasteiger partial charge on any atom is 0.275 e. The largest absolute Gasteiger partial charge is 0.275 e. The zero-order valence-electron chi connectivity index (χ0n) is 15.6. The van der Waals surface area contributed by atoms with Crippen molar-refractivity contribution in [3.63, 3.8) is 0 Å². The summed E-state index contributed by atoms with van der Waals surface area (Å²) >= 11 is 4.34. The van der Waals surface area contributed by atoms with Crippen LogP contribution in [0.4, 0.5) is 0 Å². The van der Waals surface area contributed by atoms with Crippen molar-refractivity contribution >= 4 is 24.2 Å². The molecule has 0 saturated heterocycles. The molecule has 0 atom stereocenters. The number of nitro groups is 1. The molecule has 0 unspecified atom stereocenters. The van der Waals surface area contributed by atoms with Crippen molar-refractivity contribution in [2.45, 2.75) is 6.92 Å². The molecule has 1 amide bonds. The number of amides is 1. The summed E-state index contributed by atoms with van der Waals surface area (Å²) in [6.45, 7) is 8.73. The molecule has 1 rings (SSSR count). The second-order valence-electron chi connectivity index (χ2n) is 5.47. The van der Waals surface area contributed by atoms with Crippen LogP contribution in [0.1, 0.15) is 17.3 Å². The summed E-state index contributed by atoms with van der Waals surface area (Å²) in [7, 11) is 0. The van der Waals surface area contributed by atoms with Gasteiger partial charge in [0.2, 0.25) is 6.54 Å². The Kier molecular flexibility index (Phi) is 9.91. The number of rotatable bonds is 10. The van der Waals surface area contributed by atoms with Gasteiger partial charge in [-0.1, -0.05) is 37.5 Å². The molecule has 0 spiro atoms. The van der Waals surface area contributed by atoms with Crippen LogP contribution < -0.4 is 0 Å². The first-order valence-corrected chi connectivity index (χ1v) is 8.72. The van der Waals surface area contributed by atoms with Gasteiger partial charge < -0.3 is 0 Å². The molecule has 0 radical (unpaired) electrons. The van der Waals surface area contributed by atoms with Crippen molar-refractivity contribution in [1.82, 2.24) is 9.99 Å². The molecule has 146 valence electrons. The molecule has 28 heavy (non-hydrogen) atoms. The third-order valence-corrected chi connectivity index (χ3v) is 3.78. The molecule has 1 aromatic heterocycles. The lowest BCUT2D eigenvalue weighted by atomic mass is 10.2. The quantitative estimate of drug-likeness (QED) is 0.213. The maximum atomic E-state index is 12.9. The van der Waals surface area contributed by atoms with E-state index in [0.717, 1.165) is 0 Å². The second kappa shape index (κ2) is 12.2. The fourth-order valence-corrected chi connectivity index (χ4v) is 2.18. The molecular formula is C20H22N4O3S. The first-order valence-electron chi connectivity index (χ1n) is 8.28. The summed E-state index contributed by atoms with van der Waals surface area (Å²) in [5.74, 6) is -0.371. The molecule has 1 heterocycles. The lowest BCUT2D eigenvalue weighted by Crippen LogP contribution is -2.29. The Hall–Kier alpha value is -3.26. The van der Waals surface area contributed by atoms with E-state index in [4.69, 9.17) is 0 Å². The molecule has 0 fully saturated rings. The Morgan fingerprint density at radius 1 is 1.39 bits per heavy atom. The fourth-order valence-electron chi connectivity index (χ4n) is 2.03. The van der Waals surface area contributed by atoms with Crippen LogP contribution in [0.3, 0.4) is 0 Å². The Morgan fingerprint density at radius 3 is 2.68 bits per heavy atom. The average Bonchev–Trinajstić information content (AvgIpc) is 2.67. The van der Waals surface area contributed by atoms with Crippen LogP contribution in [0.2, 0.25) is 0 Å². The van der Waals surface area contributed by atoms with Crippen LogP contribution in [-0.2, 0) is 0 Å². The van der Waals surface area contributed by atoms with Crippen LogP contribution in [0.15, 0.2) is 89.7 Å². The monoisotopic (exact) mass is 398 g/mol. The van der Waals surface area contributed by atoms with Crippen molar-refractivity contribution in [3.05, 3.63) is 100 Å². The van der Waals surface area contributed by atoms with E-state index in [1.54, 1.807) is 49.6 Å². The predicted molar refractivity (Wildman–Crippen MR) is 115 cm³/mol. The zero-order chi connectivity index (χ0) is 20.9. The van der Waals surface area contributed by atoms with Gasteiger partial charge in [0.05, 0.1) is 17.8 Å². The topological polar surface area (TPSA) is 88.7 Å². The molecule has 0 N–H and O–H groups in total. The van der Waals surface area contributed by atoms with E-state index in [2.05, 4.69) is 35.9 Å². The van der Waals surface area contributed by atoms with E-state index < -0.39 is 4.92 Å². The summed E-state index contributed by atoms with van der Waals surface area (Å²) in [6, 6.07) is 3.29. The smallest absolute Gasteiger partial charge is 0.267 e. The normalized spacial score (nSPS) is 12.7. The Morgan fingerprint density at radius 2 is 2.11 bits per heavy atom.